The number of amides is 1. The zero-order valence-electron chi connectivity index (χ0n) is 14.2. The molecule has 0 saturated carbocycles. The zero-order chi connectivity index (χ0) is 18.0. The molecule has 1 aromatic heterocycles. The van der Waals surface area contributed by atoms with Crippen molar-refractivity contribution >= 4 is 15.9 Å². The third-order valence-electron chi connectivity index (χ3n) is 4.14. The Bertz CT molecular complexity index is 885. The fourth-order valence-electron chi connectivity index (χ4n) is 2.76. The summed E-state index contributed by atoms with van der Waals surface area (Å²) in [5, 5.41) is 3.80. The summed E-state index contributed by atoms with van der Waals surface area (Å²) in [6.45, 7) is 4.49. The average molecular weight is 364 g/mol. The zero-order valence-corrected chi connectivity index (χ0v) is 15.0. The van der Waals surface area contributed by atoms with Crippen LogP contribution in [-0.2, 0) is 14.8 Å². The van der Waals surface area contributed by atoms with Gasteiger partial charge in [0, 0.05) is 25.6 Å². The van der Waals surface area contributed by atoms with Crippen LogP contribution in [0.3, 0.4) is 0 Å². The first-order valence-electron chi connectivity index (χ1n) is 8.05. The summed E-state index contributed by atoms with van der Waals surface area (Å²) in [6, 6.07) is 4.90. The molecule has 0 spiro atoms. The van der Waals surface area contributed by atoms with Gasteiger partial charge in [-0.1, -0.05) is 17.3 Å². The summed E-state index contributed by atoms with van der Waals surface area (Å²) >= 11 is 0. The third kappa shape index (κ3) is 3.88. The minimum atomic E-state index is -3.82. The van der Waals surface area contributed by atoms with E-state index in [0.29, 0.717) is 35.9 Å². The number of nitrogens with one attached hydrogen (secondary N) is 1. The van der Waals surface area contributed by atoms with Crippen LogP contribution in [0, 0.1) is 13.8 Å². The minimum absolute atomic E-state index is 0.0988. The van der Waals surface area contributed by atoms with E-state index in [4.69, 9.17) is 4.52 Å². The lowest BCUT2D eigenvalue weighted by Gasteiger charge is -2.16. The predicted molar refractivity (Wildman–Crippen MR) is 90.2 cm³/mol. The van der Waals surface area contributed by atoms with Crippen LogP contribution in [0.5, 0.6) is 0 Å². The second-order valence-corrected chi connectivity index (χ2v) is 7.77. The quantitative estimate of drug-likeness (QED) is 0.856. The highest BCUT2D eigenvalue weighted by molar-refractivity contribution is 7.89. The van der Waals surface area contributed by atoms with Crippen LogP contribution < -0.4 is 4.72 Å². The minimum Gasteiger partial charge on any atom is -0.342 e. The van der Waals surface area contributed by atoms with Crippen molar-refractivity contribution in [1.82, 2.24) is 19.8 Å². The molecule has 0 aliphatic carbocycles. The Balaban J connectivity index is 1.80. The van der Waals surface area contributed by atoms with E-state index >= 15 is 0 Å². The number of hydrogen-bond donors (Lipinski definition) is 1. The van der Waals surface area contributed by atoms with Crippen LogP contribution in [-0.4, -0.2) is 49.0 Å². The molecule has 1 amide bonds. The summed E-state index contributed by atoms with van der Waals surface area (Å²) in [6.07, 6.45) is 1.92. The number of sulfonamides is 1. The van der Waals surface area contributed by atoms with E-state index in [0.717, 1.165) is 12.8 Å². The van der Waals surface area contributed by atoms with E-state index in [-0.39, 0.29) is 17.3 Å². The lowest BCUT2D eigenvalue weighted by molar-refractivity contribution is -0.128. The first kappa shape index (κ1) is 17.6. The molecule has 0 atom stereocenters. The molecule has 1 N–H and O–H groups in total. The van der Waals surface area contributed by atoms with Crippen molar-refractivity contribution in [3.8, 4) is 11.4 Å². The van der Waals surface area contributed by atoms with Gasteiger partial charge in [-0.15, -0.1) is 0 Å². The molecule has 134 valence electrons. The topological polar surface area (TPSA) is 105 Å². The van der Waals surface area contributed by atoms with Crippen LogP contribution in [0.2, 0.25) is 0 Å². The van der Waals surface area contributed by atoms with Crippen molar-refractivity contribution < 1.29 is 17.7 Å². The summed E-state index contributed by atoms with van der Waals surface area (Å²) in [4.78, 5) is 17.9. The second-order valence-electron chi connectivity index (χ2n) is 6.03. The third-order valence-corrected chi connectivity index (χ3v) is 5.68. The van der Waals surface area contributed by atoms with Gasteiger partial charge in [0.1, 0.15) is 0 Å². The number of carbonyl (C=O) groups is 1. The maximum Gasteiger partial charge on any atom is 0.241 e. The van der Waals surface area contributed by atoms with Gasteiger partial charge in [-0.3, -0.25) is 4.79 Å². The molecule has 0 unspecified atom stereocenters. The highest BCUT2D eigenvalue weighted by Crippen LogP contribution is 2.23. The van der Waals surface area contributed by atoms with Gasteiger partial charge in [-0.05, 0) is 31.4 Å². The molecule has 25 heavy (non-hydrogen) atoms. The van der Waals surface area contributed by atoms with Crippen molar-refractivity contribution in [3.05, 3.63) is 29.7 Å². The van der Waals surface area contributed by atoms with Crippen LogP contribution in [0.4, 0.5) is 0 Å². The van der Waals surface area contributed by atoms with Gasteiger partial charge in [-0.25, -0.2) is 13.1 Å². The van der Waals surface area contributed by atoms with E-state index in [2.05, 4.69) is 14.9 Å². The lowest BCUT2D eigenvalue weighted by Crippen LogP contribution is -2.38. The van der Waals surface area contributed by atoms with Crippen LogP contribution >= 0.6 is 0 Å². The Hall–Kier alpha value is -2.26. The number of hydrogen-bond acceptors (Lipinski definition) is 6. The lowest BCUT2D eigenvalue weighted by atomic mass is 10.1. The van der Waals surface area contributed by atoms with Gasteiger partial charge in [0.15, 0.2) is 0 Å². The monoisotopic (exact) mass is 364 g/mol. The van der Waals surface area contributed by atoms with Gasteiger partial charge in [0.25, 0.3) is 0 Å². The van der Waals surface area contributed by atoms with Crippen LogP contribution in [0.25, 0.3) is 11.4 Å². The number of aryl methyl sites for hydroxylation is 2. The molecule has 8 nitrogen and oxygen atoms in total. The van der Waals surface area contributed by atoms with Crippen LogP contribution in [0.1, 0.15) is 24.3 Å². The molecule has 3 rings (SSSR count). The number of rotatable bonds is 5. The smallest absolute Gasteiger partial charge is 0.241 e. The average Bonchev–Trinajstić information content (AvgIpc) is 3.24. The number of carbonyl (C=O) groups excluding carboxylic acids is 1. The summed E-state index contributed by atoms with van der Waals surface area (Å²) in [5.41, 5.74) is 1.11. The molecule has 9 heteroatoms. The summed E-state index contributed by atoms with van der Waals surface area (Å²) < 4.78 is 32.6. The SMILES string of the molecule is Cc1nc(-c2ccc(C)c(S(=O)(=O)NCC(=O)N3CCCC3)c2)no1. The Morgan fingerprint density at radius 2 is 2.00 bits per heavy atom. The maximum absolute atomic E-state index is 12.6. The van der Waals surface area contributed by atoms with Crippen LogP contribution in [0.15, 0.2) is 27.6 Å². The van der Waals surface area contributed by atoms with Gasteiger partial charge in [0.2, 0.25) is 27.6 Å². The van der Waals surface area contributed by atoms with E-state index in [1.807, 2.05) is 0 Å². The number of likely N-dealkylation sites (tertiary alicyclic amines) is 1. The van der Waals surface area contributed by atoms with Crippen molar-refractivity contribution in [3.63, 3.8) is 0 Å². The summed E-state index contributed by atoms with van der Waals surface area (Å²) in [7, 11) is -3.82. The Morgan fingerprint density at radius 1 is 1.28 bits per heavy atom. The fourth-order valence-corrected chi connectivity index (χ4v) is 4.00. The number of aromatic nitrogens is 2. The first-order chi connectivity index (χ1) is 11.9. The second kappa shape index (κ2) is 6.93. The van der Waals surface area contributed by atoms with Crippen molar-refractivity contribution in [1.29, 1.82) is 0 Å². The van der Waals surface area contributed by atoms with Gasteiger partial charge < -0.3 is 9.42 Å². The largest absolute Gasteiger partial charge is 0.342 e. The molecular weight excluding hydrogens is 344 g/mol. The van der Waals surface area contributed by atoms with E-state index in [9.17, 15) is 13.2 Å². The van der Waals surface area contributed by atoms with E-state index < -0.39 is 10.0 Å². The fraction of sp³-hybridized carbons (Fsp3) is 0.438. The molecule has 1 fully saturated rings. The molecule has 2 aromatic rings. The molecule has 0 bridgehead atoms. The van der Waals surface area contributed by atoms with E-state index in [1.165, 1.54) is 6.07 Å². The first-order valence-corrected chi connectivity index (χ1v) is 9.54. The molecule has 1 saturated heterocycles. The van der Waals surface area contributed by atoms with E-state index in [1.54, 1.807) is 30.9 Å². The van der Waals surface area contributed by atoms with Gasteiger partial charge in [-0.2, -0.15) is 4.98 Å². The standard InChI is InChI=1S/C16H20N4O4S/c1-11-5-6-13(16-18-12(2)24-19-16)9-14(11)25(22,23)17-10-15(21)20-7-3-4-8-20/h5-6,9,17H,3-4,7-8,10H2,1-2H3. The Labute approximate surface area is 146 Å². The molecule has 1 aliphatic heterocycles. The Morgan fingerprint density at radius 3 is 2.64 bits per heavy atom. The van der Waals surface area contributed by atoms with Crippen molar-refractivity contribution in [2.75, 3.05) is 19.6 Å². The molecule has 1 aromatic carbocycles. The molecule has 1 aliphatic rings. The molecular formula is C16H20N4O4S. The highest BCUT2D eigenvalue weighted by atomic mass is 32.2. The van der Waals surface area contributed by atoms with Gasteiger partial charge in [0.05, 0.1) is 11.4 Å². The highest BCUT2D eigenvalue weighted by Gasteiger charge is 2.23. The molecule has 0 radical (unpaired) electrons. The molecule has 2 heterocycles. The summed E-state index contributed by atoms with van der Waals surface area (Å²) in [5.74, 6) is 0.514. The van der Waals surface area contributed by atoms with Crippen molar-refractivity contribution in [2.24, 2.45) is 0 Å². The number of benzene rings is 1. The predicted octanol–water partition coefficient (Wildman–Crippen LogP) is 1.25. The normalized spacial score (nSPS) is 14.9. The number of nitrogens with zero attached hydrogens (tertiary/aromatic N) is 3. The van der Waals surface area contributed by atoms with Gasteiger partial charge >= 0.3 is 0 Å². The Kier molecular flexibility index (Phi) is 4.87. The van der Waals surface area contributed by atoms with Crippen molar-refractivity contribution in [2.45, 2.75) is 31.6 Å². The maximum atomic E-state index is 12.6.